The van der Waals surface area contributed by atoms with Crippen LogP contribution in [0.2, 0.25) is 0 Å². The van der Waals surface area contributed by atoms with Crippen molar-refractivity contribution in [3.8, 4) is 0 Å². The van der Waals surface area contributed by atoms with Crippen molar-refractivity contribution in [3.63, 3.8) is 0 Å². The minimum Gasteiger partial charge on any atom is -0.478 e. The molecule has 0 radical (unpaired) electrons. The minimum absolute atomic E-state index is 0.0496. The van der Waals surface area contributed by atoms with Gasteiger partial charge in [-0.3, -0.25) is 4.79 Å². The molecule has 1 saturated heterocycles. The Labute approximate surface area is 146 Å². The number of pyridine rings is 1. The normalized spacial score (nSPS) is 15.0. The van der Waals surface area contributed by atoms with Gasteiger partial charge in [0.25, 0.3) is 0 Å². The van der Waals surface area contributed by atoms with Crippen molar-refractivity contribution in [2.75, 3.05) is 18.0 Å². The fourth-order valence-electron chi connectivity index (χ4n) is 3.01. The largest absolute Gasteiger partial charge is 0.478 e. The zero-order chi connectivity index (χ0) is 17.6. The van der Waals surface area contributed by atoms with Crippen LogP contribution in [-0.4, -0.2) is 41.1 Å². The Balaban J connectivity index is 1.48. The van der Waals surface area contributed by atoms with E-state index in [9.17, 15) is 9.59 Å². The number of nitrogens with one attached hydrogen (secondary N) is 1. The molecule has 2 heterocycles. The van der Waals surface area contributed by atoms with Crippen molar-refractivity contribution in [3.05, 3.63) is 59.8 Å². The minimum atomic E-state index is -0.973. The Morgan fingerprint density at radius 1 is 1.12 bits per heavy atom. The van der Waals surface area contributed by atoms with E-state index in [1.54, 1.807) is 12.1 Å². The molecule has 6 nitrogen and oxygen atoms in total. The van der Waals surface area contributed by atoms with E-state index in [0.29, 0.717) is 6.42 Å². The molecule has 2 aromatic rings. The van der Waals surface area contributed by atoms with E-state index < -0.39 is 5.97 Å². The number of aromatic nitrogens is 1. The van der Waals surface area contributed by atoms with Crippen LogP contribution in [0.25, 0.3) is 0 Å². The number of piperidine rings is 1. The molecule has 0 atom stereocenters. The zero-order valence-electron chi connectivity index (χ0n) is 13.9. The van der Waals surface area contributed by atoms with Crippen molar-refractivity contribution in [1.82, 2.24) is 10.3 Å². The molecule has 2 N–H and O–H groups in total. The Hall–Kier alpha value is -2.89. The number of carboxylic acids is 1. The van der Waals surface area contributed by atoms with Gasteiger partial charge in [0, 0.05) is 25.3 Å². The van der Waals surface area contributed by atoms with Crippen molar-refractivity contribution in [2.24, 2.45) is 0 Å². The lowest BCUT2D eigenvalue weighted by Gasteiger charge is -2.33. The molecule has 1 fully saturated rings. The van der Waals surface area contributed by atoms with Crippen molar-refractivity contribution in [1.29, 1.82) is 0 Å². The second kappa shape index (κ2) is 7.79. The lowest BCUT2D eigenvalue weighted by Crippen LogP contribution is -2.45. The first-order chi connectivity index (χ1) is 12.1. The lowest BCUT2D eigenvalue weighted by atomic mass is 10.0. The van der Waals surface area contributed by atoms with Crippen LogP contribution in [0.5, 0.6) is 0 Å². The number of carbonyl (C=O) groups excluding carboxylic acids is 1. The molecule has 1 aromatic heterocycles. The van der Waals surface area contributed by atoms with Gasteiger partial charge >= 0.3 is 5.97 Å². The van der Waals surface area contributed by atoms with Gasteiger partial charge in [-0.25, -0.2) is 9.78 Å². The highest BCUT2D eigenvalue weighted by atomic mass is 16.4. The first-order valence-corrected chi connectivity index (χ1v) is 8.39. The third-order valence-electron chi connectivity index (χ3n) is 4.39. The third-order valence-corrected chi connectivity index (χ3v) is 4.39. The van der Waals surface area contributed by atoms with E-state index >= 15 is 0 Å². The number of aromatic carboxylic acids is 1. The smallest absolute Gasteiger partial charge is 0.337 e. The number of hydrogen-bond donors (Lipinski definition) is 2. The monoisotopic (exact) mass is 339 g/mol. The summed E-state index contributed by atoms with van der Waals surface area (Å²) >= 11 is 0. The second-order valence-electron chi connectivity index (χ2n) is 6.20. The molecule has 25 heavy (non-hydrogen) atoms. The zero-order valence-corrected chi connectivity index (χ0v) is 13.9. The van der Waals surface area contributed by atoms with Gasteiger partial charge in [-0.05, 0) is 30.5 Å². The van der Waals surface area contributed by atoms with E-state index in [1.807, 2.05) is 30.3 Å². The van der Waals surface area contributed by atoms with Gasteiger partial charge in [0.15, 0.2) is 0 Å². The van der Waals surface area contributed by atoms with Gasteiger partial charge in [-0.1, -0.05) is 30.3 Å². The number of carboxylic acid groups (broad SMARTS) is 1. The fraction of sp³-hybridized carbons (Fsp3) is 0.316. The van der Waals surface area contributed by atoms with Gasteiger partial charge in [0.2, 0.25) is 5.91 Å². The summed E-state index contributed by atoms with van der Waals surface area (Å²) in [7, 11) is 0. The summed E-state index contributed by atoms with van der Waals surface area (Å²) in [6, 6.07) is 13.2. The highest BCUT2D eigenvalue weighted by molar-refractivity contribution is 5.87. The molecule has 1 amide bonds. The number of anilines is 1. The number of hydrogen-bond acceptors (Lipinski definition) is 4. The molecule has 0 bridgehead atoms. The number of benzene rings is 1. The summed E-state index contributed by atoms with van der Waals surface area (Å²) in [4.78, 5) is 29.4. The fourth-order valence-corrected chi connectivity index (χ4v) is 3.01. The number of amides is 1. The first-order valence-electron chi connectivity index (χ1n) is 8.39. The predicted octanol–water partition coefficient (Wildman–Crippen LogP) is 2.11. The summed E-state index contributed by atoms with van der Waals surface area (Å²) in [5, 5.41) is 12.0. The predicted molar refractivity (Wildman–Crippen MR) is 94.7 cm³/mol. The standard InChI is InChI=1S/C19H21N3O3/c23-18(12-14-4-2-1-3-5-14)21-16-8-10-22(11-9-16)17-7-6-15(13-20-17)19(24)25/h1-7,13,16H,8-12H2,(H,21,23)(H,24,25). The second-order valence-corrected chi connectivity index (χ2v) is 6.20. The average Bonchev–Trinajstić information content (AvgIpc) is 2.63. The molecule has 0 spiro atoms. The molecule has 6 heteroatoms. The van der Waals surface area contributed by atoms with E-state index in [-0.39, 0.29) is 17.5 Å². The van der Waals surface area contributed by atoms with Crippen LogP contribution in [0.1, 0.15) is 28.8 Å². The maximum atomic E-state index is 12.1. The van der Waals surface area contributed by atoms with Gasteiger partial charge in [-0.15, -0.1) is 0 Å². The van der Waals surface area contributed by atoms with Crippen LogP contribution in [0, 0.1) is 0 Å². The molecular formula is C19H21N3O3. The number of rotatable bonds is 5. The van der Waals surface area contributed by atoms with Crippen LogP contribution in [0.15, 0.2) is 48.7 Å². The molecule has 1 aliphatic heterocycles. The Bertz CT molecular complexity index is 723. The van der Waals surface area contributed by atoms with Crippen LogP contribution in [-0.2, 0) is 11.2 Å². The Kier molecular flexibility index (Phi) is 5.28. The van der Waals surface area contributed by atoms with E-state index in [1.165, 1.54) is 6.20 Å². The molecule has 130 valence electrons. The van der Waals surface area contributed by atoms with Crippen LogP contribution < -0.4 is 10.2 Å². The third kappa shape index (κ3) is 4.56. The summed E-state index contributed by atoms with van der Waals surface area (Å²) < 4.78 is 0. The highest BCUT2D eigenvalue weighted by Gasteiger charge is 2.21. The SMILES string of the molecule is O=C(Cc1ccccc1)NC1CCN(c2ccc(C(=O)O)cn2)CC1. The average molecular weight is 339 g/mol. The maximum absolute atomic E-state index is 12.1. The van der Waals surface area contributed by atoms with Gasteiger partial charge in [0.05, 0.1) is 12.0 Å². The Morgan fingerprint density at radius 3 is 2.44 bits per heavy atom. The molecule has 0 saturated carbocycles. The summed E-state index contributed by atoms with van der Waals surface area (Å²) in [5.74, 6) is -0.147. The van der Waals surface area contributed by atoms with E-state index in [2.05, 4.69) is 15.2 Å². The number of carbonyl (C=O) groups is 2. The topological polar surface area (TPSA) is 82.5 Å². The van der Waals surface area contributed by atoms with Crippen LogP contribution in [0.4, 0.5) is 5.82 Å². The van der Waals surface area contributed by atoms with Crippen molar-refractivity contribution >= 4 is 17.7 Å². The van der Waals surface area contributed by atoms with E-state index in [4.69, 9.17) is 5.11 Å². The molecular weight excluding hydrogens is 318 g/mol. The van der Waals surface area contributed by atoms with Crippen LogP contribution >= 0.6 is 0 Å². The van der Waals surface area contributed by atoms with E-state index in [0.717, 1.165) is 37.3 Å². The Morgan fingerprint density at radius 2 is 1.84 bits per heavy atom. The summed E-state index contributed by atoms with van der Waals surface area (Å²) in [6.07, 6.45) is 3.48. The lowest BCUT2D eigenvalue weighted by molar-refractivity contribution is -0.121. The van der Waals surface area contributed by atoms with Gasteiger partial charge < -0.3 is 15.3 Å². The molecule has 0 unspecified atom stereocenters. The molecule has 0 aliphatic carbocycles. The van der Waals surface area contributed by atoms with Crippen LogP contribution in [0.3, 0.4) is 0 Å². The van der Waals surface area contributed by atoms with Crippen molar-refractivity contribution in [2.45, 2.75) is 25.3 Å². The first kappa shape index (κ1) is 17.0. The summed E-state index contributed by atoms with van der Waals surface area (Å²) in [6.45, 7) is 1.57. The summed E-state index contributed by atoms with van der Waals surface area (Å²) in [5.41, 5.74) is 1.20. The quantitative estimate of drug-likeness (QED) is 0.872. The van der Waals surface area contributed by atoms with Gasteiger partial charge in [-0.2, -0.15) is 0 Å². The molecule has 1 aliphatic rings. The highest BCUT2D eigenvalue weighted by Crippen LogP contribution is 2.18. The molecule has 1 aromatic carbocycles. The van der Waals surface area contributed by atoms with Crippen molar-refractivity contribution < 1.29 is 14.7 Å². The molecule has 3 rings (SSSR count). The maximum Gasteiger partial charge on any atom is 0.337 e. The van der Waals surface area contributed by atoms with Gasteiger partial charge in [0.1, 0.15) is 5.82 Å². The number of nitrogens with zero attached hydrogens (tertiary/aromatic N) is 2.